The second-order valence-electron chi connectivity index (χ2n) is 3.93. The van der Waals surface area contributed by atoms with Crippen LogP contribution in [0, 0.1) is 0 Å². The van der Waals surface area contributed by atoms with Crippen molar-refractivity contribution in [1.29, 1.82) is 0 Å². The molecule has 2 heterocycles. The van der Waals surface area contributed by atoms with Crippen LogP contribution in [0.15, 0.2) is 24.9 Å². The summed E-state index contributed by atoms with van der Waals surface area (Å²) in [7, 11) is 0. The summed E-state index contributed by atoms with van der Waals surface area (Å²) in [4.78, 5) is 10.4. The standard InChI is InChI=1S/C10H11F3N6/c1-7(4-19-6-14-5-16-19)17-8-2-3-15-9(18-8)10(11,12)13/h2-3,5-7H,4H2,1H3,(H,15,17,18). The maximum atomic E-state index is 12.4. The lowest BCUT2D eigenvalue weighted by atomic mass is 10.3. The Labute approximate surface area is 106 Å². The molecule has 102 valence electrons. The topological polar surface area (TPSA) is 68.5 Å². The maximum absolute atomic E-state index is 12.4. The van der Waals surface area contributed by atoms with Crippen molar-refractivity contribution in [2.45, 2.75) is 25.7 Å². The monoisotopic (exact) mass is 272 g/mol. The molecular formula is C10H11F3N6. The molecule has 9 heteroatoms. The molecule has 19 heavy (non-hydrogen) atoms. The largest absolute Gasteiger partial charge is 0.451 e. The lowest BCUT2D eigenvalue weighted by molar-refractivity contribution is -0.144. The van der Waals surface area contributed by atoms with Gasteiger partial charge in [0.15, 0.2) is 0 Å². The first kappa shape index (κ1) is 13.2. The predicted octanol–water partition coefficient (Wildman–Crippen LogP) is 1.59. The Bertz CT molecular complexity index is 524. The van der Waals surface area contributed by atoms with Gasteiger partial charge < -0.3 is 5.32 Å². The van der Waals surface area contributed by atoms with Crippen LogP contribution in [-0.2, 0) is 12.7 Å². The first-order valence-electron chi connectivity index (χ1n) is 5.44. The molecule has 0 aliphatic carbocycles. The number of alkyl halides is 3. The number of nitrogens with zero attached hydrogens (tertiary/aromatic N) is 5. The summed E-state index contributed by atoms with van der Waals surface area (Å²) in [6.07, 6.45) is -0.564. The van der Waals surface area contributed by atoms with Gasteiger partial charge in [-0.3, -0.25) is 4.68 Å². The van der Waals surface area contributed by atoms with Gasteiger partial charge in [-0.1, -0.05) is 0 Å². The van der Waals surface area contributed by atoms with E-state index in [9.17, 15) is 13.2 Å². The summed E-state index contributed by atoms with van der Waals surface area (Å²) in [5, 5.41) is 6.76. The number of rotatable bonds is 4. The fourth-order valence-corrected chi connectivity index (χ4v) is 1.48. The van der Waals surface area contributed by atoms with Gasteiger partial charge in [0.2, 0.25) is 5.82 Å². The van der Waals surface area contributed by atoms with E-state index in [4.69, 9.17) is 0 Å². The summed E-state index contributed by atoms with van der Waals surface area (Å²) >= 11 is 0. The Morgan fingerprint density at radius 3 is 2.84 bits per heavy atom. The molecule has 1 unspecified atom stereocenters. The quantitative estimate of drug-likeness (QED) is 0.915. The molecule has 2 aromatic rings. The zero-order chi connectivity index (χ0) is 13.9. The first-order valence-corrected chi connectivity index (χ1v) is 5.44. The fourth-order valence-electron chi connectivity index (χ4n) is 1.48. The highest BCUT2D eigenvalue weighted by Gasteiger charge is 2.34. The van der Waals surface area contributed by atoms with Crippen molar-refractivity contribution >= 4 is 5.82 Å². The molecule has 0 saturated heterocycles. The molecule has 6 nitrogen and oxygen atoms in total. The van der Waals surface area contributed by atoms with Crippen molar-refractivity contribution in [3.8, 4) is 0 Å². The van der Waals surface area contributed by atoms with Crippen LogP contribution >= 0.6 is 0 Å². The second-order valence-corrected chi connectivity index (χ2v) is 3.93. The summed E-state index contributed by atoms with van der Waals surface area (Å²) in [6, 6.07) is 1.23. The Balaban J connectivity index is 2.03. The molecule has 0 aromatic carbocycles. The molecule has 2 rings (SSSR count). The van der Waals surface area contributed by atoms with Crippen molar-refractivity contribution in [2.24, 2.45) is 0 Å². The average Bonchev–Trinajstić information content (AvgIpc) is 2.80. The van der Waals surface area contributed by atoms with Crippen LogP contribution in [0.3, 0.4) is 0 Å². The minimum atomic E-state index is -4.55. The third-order valence-corrected chi connectivity index (χ3v) is 2.23. The van der Waals surface area contributed by atoms with E-state index in [0.717, 1.165) is 6.20 Å². The average molecular weight is 272 g/mol. The summed E-state index contributed by atoms with van der Waals surface area (Å²) < 4.78 is 38.9. The van der Waals surface area contributed by atoms with Gasteiger partial charge >= 0.3 is 6.18 Å². The minimum absolute atomic E-state index is 0.120. The number of anilines is 1. The Morgan fingerprint density at radius 2 is 2.21 bits per heavy atom. The Morgan fingerprint density at radius 1 is 1.42 bits per heavy atom. The SMILES string of the molecule is CC(Cn1cncn1)Nc1ccnc(C(F)(F)F)n1. The third-order valence-electron chi connectivity index (χ3n) is 2.23. The zero-order valence-corrected chi connectivity index (χ0v) is 9.96. The predicted molar refractivity (Wildman–Crippen MR) is 60.1 cm³/mol. The summed E-state index contributed by atoms with van der Waals surface area (Å²) in [5.74, 6) is -1.04. The van der Waals surface area contributed by atoms with Gasteiger partial charge in [-0.05, 0) is 13.0 Å². The number of nitrogens with one attached hydrogen (secondary N) is 1. The van der Waals surface area contributed by atoms with Gasteiger partial charge in [-0.2, -0.15) is 18.3 Å². The molecule has 0 aliphatic heterocycles. The highest BCUT2D eigenvalue weighted by atomic mass is 19.4. The molecule has 0 aliphatic rings. The van der Waals surface area contributed by atoms with Gasteiger partial charge in [0, 0.05) is 12.2 Å². The molecule has 0 bridgehead atoms. The van der Waals surface area contributed by atoms with Crippen molar-refractivity contribution < 1.29 is 13.2 Å². The second kappa shape index (κ2) is 5.21. The van der Waals surface area contributed by atoms with Crippen molar-refractivity contribution in [3.05, 3.63) is 30.7 Å². The van der Waals surface area contributed by atoms with Gasteiger partial charge in [0.05, 0.1) is 6.54 Å². The molecule has 1 N–H and O–H groups in total. The highest BCUT2D eigenvalue weighted by Crippen LogP contribution is 2.26. The zero-order valence-electron chi connectivity index (χ0n) is 9.96. The number of hydrogen-bond donors (Lipinski definition) is 1. The third kappa shape index (κ3) is 3.63. The van der Waals surface area contributed by atoms with Gasteiger partial charge in [-0.15, -0.1) is 0 Å². The van der Waals surface area contributed by atoms with Crippen molar-refractivity contribution in [2.75, 3.05) is 5.32 Å². The Hall–Kier alpha value is -2.19. The van der Waals surface area contributed by atoms with E-state index >= 15 is 0 Å². The van der Waals surface area contributed by atoms with E-state index in [2.05, 4.69) is 25.4 Å². The molecule has 1 atom stereocenters. The van der Waals surface area contributed by atoms with Crippen LogP contribution in [0.5, 0.6) is 0 Å². The van der Waals surface area contributed by atoms with E-state index < -0.39 is 12.0 Å². The lowest BCUT2D eigenvalue weighted by Crippen LogP contribution is -2.23. The molecule has 0 fully saturated rings. The number of halogens is 3. The van der Waals surface area contributed by atoms with E-state index in [0.29, 0.717) is 6.54 Å². The summed E-state index contributed by atoms with van der Waals surface area (Å²) in [5.41, 5.74) is 0. The smallest absolute Gasteiger partial charge is 0.366 e. The van der Waals surface area contributed by atoms with Crippen LogP contribution < -0.4 is 5.32 Å². The van der Waals surface area contributed by atoms with Crippen LogP contribution in [0.4, 0.5) is 19.0 Å². The van der Waals surface area contributed by atoms with E-state index in [-0.39, 0.29) is 11.9 Å². The highest BCUT2D eigenvalue weighted by molar-refractivity contribution is 5.34. The normalized spacial score (nSPS) is 13.3. The molecule has 0 amide bonds. The van der Waals surface area contributed by atoms with Crippen LogP contribution in [0.2, 0.25) is 0 Å². The van der Waals surface area contributed by atoms with Gasteiger partial charge in [-0.25, -0.2) is 15.0 Å². The lowest BCUT2D eigenvalue weighted by Gasteiger charge is -2.15. The number of hydrogen-bond acceptors (Lipinski definition) is 5. The molecule has 0 spiro atoms. The van der Waals surface area contributed by atoms with Gasteiger partial charge in [0.1, 0.15) is 18.5 Å². The van der Waals surface area contributed by atoms with E-state index in [1.165, 1.54) is 18.7 Å². The number of aromatic nitrogens is 5. The van der Waals surface area contributed by atoms with Crippen LogP contribution in [0.1, 0.15) is 12.7 Å². The maximum Gasteiger partial charge on any atom is 0.451 e. The minimum Gasteiger partial charge on any atom is -0.366 e. The molecule has 2 aromatic heterocycles. The molecule has 0 saturated carbocycles. The van der Waals surface area contributed by atoms with Crippen LogP contribution in [-0.4, -0.2) is 30.8 Å². The summed E-state index contributed by atoms with van der Waals surface area (Å²) in [6.45, 7) is 2.27. The van der Waals surface area contributed by atoms with Crippen molar-refractivity contribution in [3.63, 3.8) is 0 Å². The first-order chi connectivity index (χ1) is 8.95. The molecular weight excluding hydrogens is 261 g/mol. The van der Waals surface area contributed by atoms with Crippen LogP contribution in [0.25, 0.3) is 0 Å². The Kier molecular flexibility index (Phi) is 3.63. The van der Waals surface area contributed by atoms with E-state index in [1.807, 2.05) is 0 Å². The fraction of sp³-hybridized carbons (Fsp3) is 0.400. The van der Waals surface area contributed by atoms with Crippen molar-refractivity contribution in [1.82, 2.24) is 24.7 Å². The van der Waals surface area contributed by atoms with E-state index in [1.54, 1.807) is 11.6 Å². The molecule has 0 radical (unpaired) electrons. The van der Waals surface area contributed by atoms with Gasteiger partial charge in [0.25, 0.3) is 0 Å².